The number of allylic oxidation sites excluding steroid dienone is 1. The van der Waals surface area contributed by atoms with Gasteiger partial charge < -0.3 is 9.47 Å². The Morgan fingerprint density at radius 3 is 2.92 bits per heavy atom. The molecule has 0 N–H and O–H groups in total. The highest BCUT2D eigenvalue weighted by Crippen LogP contribution is 2.34. The Bertz CT molecular complexity index is 1070. The molecule has 0 bridgehead atoms. The molecule has 5 nitrogen and oxygen atoms in total. The van der Waals surface area contributed by atoms with Crippen LogP contribution in [-0.4, -0.2) is 16.3 Å². The van der Waals surface area contributed by atoms with Gasteiger partial charge in [-0.05, 0) is 47.9 Å². The second-order valence-corrected chi connectivity index (χ2v) is 5.94. The number of benzene rings is 2. The smallest absolute Gasteiger partial charge is 0.261 e. The van der Waals surface area contributed by atoms with Gasteiger partial charge in [-0.15, -0.1) is 0 Å². The molecule has 0 atom stereocenters. The SMILES string of the molecule is O=c1c2ccccc2nc2n1CCC2=Cc1ccc2c(c1)OCO2. The molecule has 2 aliphatic rings. The lowest BCUT2D eigenvalue weighted by atomic mass is 10.1. The highest BCUT2D eigenvalue weighted by atomic mass is 16.7. The van der Waals surface area contributed by atoms with Gasteiger partial charge in [-0.25, -0.2) is 4.98 Å². The number of rotatable bonds is 1. The van der Waals surface area contributed by atoms with E-state index in [0.29, 0.717) is 11.9 Å². The predicted molar refractivity (Wildman–Crippen MR) is 91.1 cm³/mol. The number of hydrogen-bond donors (Lipinski definition) is 0. The molecule has 0 radical (unpaired) electrons. The van der Waals surface area contributed by atoms with Crippen molar-refractivity contribution < 1.29 is 9.47 Å². The zero-order valence-electron chi connectivity index (χ0n) is 12.9. The Hall–Kier alpha value is -3.08. The Labute approximate surface area is 137 Å². The van der Waals surface area contributed by atoms with Crippen LogP contribution in [0.5, 0.6) is 11.5 Å². The normalized spacial score (nSPS) is 16.8. The van der Waals surface area contributed by atoms with Gasteiger partial charge in [0.15, 0.2) is 11.5 Å². The number of aromatic nitrogens is 2. The summed E-state index contributed by atoms with van der Waals surface area (Å²) in [5.41, 5.74) is 2.86. The van der Waals surface area contributed by atoms with Crippen molar-refractivity contribution in [3.63, 3.8) is 0 Å². The zero-order valence-corrected chi connectivity index (χ0v) is 12.9. The fraction of sp³-hybridized carbons (Fsp3) is 0.158. The molecule has 3 heterocycles. The number of ether oxygens (including phenoxy) is 2. The Morgan fingerprint density at radius 2 is 1.96 bits per heavy atom. The Kier molecular flexibility index (Phi) is 2.76. The quantitative estimate of drug-likeness (QED) is 0.692. The largest absolute Gasteiger partial charge is 0.454 e. The lowest BCUT2D eigenvalue weighted by Crippen LogP contribution is -2.20. The fourth-order valence-electron chi connectivity index (χ4n) is 3.31. The summed E-state index contributed by atoms with van der Waals surface area (Å²) in [6.07, 6.45) is 2.87. The van der Waals surface area contributed by atoms with E-state index in [9.17, 15) is 4.79 Å². The molecule has 0 amide bonds. The van der Waals surface area contributed by atoms with Gasteiger partial charge in [0.1, 0.15) is 5.82 Å². The zero-order chi connectivity index (χ0) is 16.1. The third-order valence-corrected chi connectivity index (χ3v) is 4.49. The number of hydrogen-bond acceptors (Lipinski definition) is 4. The van der Waals surface area contributed by atoms with Crippen LogP contribution < -0.4 is 15.0 Å². The summed E-state index contributed by atoms with van der Waals surface area (Å²) in [4.78, 5) is 17.3. The van der Waals surface area contributed by atoms with Gasteiger partial charge in [0.2, 0.25) is 6.79 Å². The van der Waals surface area contributed by atoms with Gasteiger partial charge >= 0.3 is 0 Å². The van der Waals surface area contributed by atoms with E-state index in [4.69, 9.17) is 14.5 Å². The van der Waals surface area contributed by atoms with E-state index < -0.39 is 0 Å². The first-order chi connectivity index (χ1) is 11.8. The van der Waals surface area contributed by atoms with E-state index in [2.05, 4.69) is 6.08 Å². The third-order valence-electron chi connectivity index (χ3n) is 4.49. The Balaban J connectivity index is 1.65. The van der Waals surface area contributed by atoms with Crippen LogP contribution in [0.1, 0.15) is 17.8 Å². The topological polar surface area (TPSA) is 53.4 Å². The van der Waals surface area contributed by atoms with Gasteiger partial charge in [0.05, 0.1) is 10.9 Å². The maximum absolute atomic E-state index is 12.6. The van der Waals surface area contributed by atoms with Crippen LogP contribution >= 0.6 is 0 Å². The second-order valence-electron chi connectivity index (χ2n) is 5.94. The van der Waals surface area contributed by atoms with Crippen LogP contribution in [0.15, 0.2) is 47.3 Å². The minimum atomic E-state index is 0.0321. The van der Waals surface area contributed by atoms with Crippen LogP contribution in [0.3, 0.4) is 0 Å². The first kappa shape index (κ1) is 13.4. The molecule has 0 aliphatic carbocycles. The molecular formula is C19H14N2O3. The van der Waals surface area contributed by atoms with E-state index in [1.807, 2.05) is 42.5 Å². The van der Waals surface area contributed by atoms with Crippen LogP contribution in [0, 0.1) is 0 Å². The molecule has 2 aromatic carbocycles. The van der Waals surface area contributed by atoms with Crippen molar-refractivity contribution in [2.24, 2.45) is 0 Å². The van der Waals surface area contributed by atoms with Crippen molar-refractivity contribution in [1.29, 1.82) is 0 Å². The van der Waals surface area contributed by atoms with Gasteiger partial charge in [-0.1, -0.05) is 18.2 Å². The summed E-state index contributed by atoms with van der Waals surface area (Å²) >= 11 is 0. The molecule has 0 spiro atoms. The maximum atomic E-state index is 12.6. The van der Waals surface area contributed by atoms with Crippen LogP contribution in [0.4, 0.5) is 0 Å². The average molecular weight is 318 g/mol. The molecule has 5 rings (SSSR count). The fourth-order valence-corrected chi connectivity index (χ4v) is 3.31. The molecule has 0 saturated heterocycles. The molecule has 5 heteroatoms. The van der Waals surface area contributed by atoms with Crippen molar-refractivity contribution in [3.8, 4) is 11.5 Å². The minimum absolute atomic E-state index is 0.0321. The van der Waals surface area contributed by atoms with E-state index in [1.54, 1.807) is 4.57 Å². The number of fused-ring (bicyclic) bond motifs is 3. The lowest BCUT2D eigenvalue weighted by molar-refractivity contribution is 0.174. The first-order valence-corrected chi connectivity index (χ1v) is 7.90. The van der Waals surface area contributed by atoms with Crippen molar-refractivity contribution in [1.82, 2.24) is 9.55 Å². The molecule has 0 saturated carbocycles. The van der Waals surface area contributed by atoms with E-state index >= 15 is 0 Å². The summed E-state index contributed by atoms with van der Waals surface area (Å²) in [6, 6.07) is 13.3. The highest BCUT2D eigenvalue weighted by molar-refractivity contribution is 5.85. The molecule has 2 aliphatic heterocycles. The molecule has 0 unspecified atom stereocenters. The van der Waals surface area contributed by atoms with E-state index in [-0.39, 0.29) is 12.4 Å². The molecule has 0 fully saturated rings. The first-order valence-electron chi connectivity index (χ1n) is 7.90. The summed E-state index contributed by atoms with van der Waals surface area (Å²) in [6.45, 7) is 0.934. The summed E-state index contributed by atoms with van der Waals surface area (Å²) in [7, 11) is 0. The van der Waals surface area contributed by atoms with Crippen molar-refractivity contribution >= 4 is 22.6 Å². The van der Waals surface area contributed by atoms with Crippen LogP contribution in [-0.2, 0) is 6.54 Å². The summed E-state index contributed by atoms with van der Waals surface area (Å²) in [5.74, 6) is 2.28. The Morgan fingerprint density at radius 1 is 1.08 bits per heavy atom. The van der Waals surface area contributed by atoms with E-state index in [0.717, 1.165) is 40.4 Å². The molecule has 1 aromatic heterocycles. The second kappa shape index (κ2) is 4.96. The van der Waals surface area contributed by atoms with Crippen molar-refractivity contribution in [2.45, 2.75) is 13.0 Å². The molecule has 3 aromatic rings. The van der Waals surface area contributed by atoms with Crippen LogP contribution in [0.25, 0.3) is 22.6 Å². The van der Waals surface area contributed by atoms with Crippen molar-refractivity contribution in [2.75, 3.05) is 6.79 Å². The number of para-hydroxylation sites is 1. The monoisotopic (exact) mass is 318 g/mol. The van der Waals surface area contributed by atoms with Gasteiger partial charge in [0.25, 0.3) is 5.56 Å². The lowest BCUT2D eigenvalue weighted by Gasteiger charge is -2.05. The predicted octanol–water partition coefficient (Wildman–Crippen LogP) is 3.07. The van der Waals surface area contributed by atoms with Gasteiger partial charge in [-0.2, -0.15) is 0 Å². The number of nitrogens with zero attached hydrogens (tertiary/aromatic N) is 2. The summed E-state index contributed by atoms with van der Waals surface area (Å²) in [5, 5.41) is 0.672. The van der Waals surface area contributed by atoms with Crippen molar-refractivity contribution in [3.05, 3.63) is 64.2 Å². The van der Waals surface area contributed by atoms with Gasteiger partial charge in [-0.3, -0.25) is 9.36 Å². The van der Waals surface area contributed by atoms with E-state index in [1.165, 1.54) is 0 Å². The molecule has 118 valence electrons. The molecule has 24 heavy (non-hydrogen) atoms. The standard InChI is InChI=1S/C19H14N2O3/c22-19-14-3-1-2-4-15(14)20-18-13(7-8-21(18)19)9-12-5-6-16-17(10-12)24-11-23-16/h1-6,9-10H,7-8,11H2. The average Bonchev–Trinajstić information content (AvgIpc) is 3.22. The summed E-state index contributed by atoms with van der Waals surface area (Å²) < 4.78 is 12.5. The highest BCUT2D eigenvalue weighted by Gasteiger charge is 2.21. The maximum Gasteiger partial charge on any atom is 0.261 e. The van der Waals surface area contributed by atoms with Gasteiger partial charge in [0, 0.05) is 6.54 Å². The minimum Gasteiger partial charge on any atom is -0.454 e. The van der Waals surface area contributed by atoms with Crippen LogP contribution in [0.2, 0.25) is 0 Å². The third kappa shape index (κ3) is 1.94. The molecular weight excluding hydrogens is 304 g/mol.